The lowest BCUT2D eigenvalue weighted by atomic mass is 10.1. The molecule has 1 amide bonds. The molecule has 0 fully saturated rings. The van der Waals surface area contributed by atoms with Crippen molar-refractivity contribution in [1.82, 2.24) is 0 Å². The zero-order chi connectivity index (χ0) is 15.9. The van der Waals surface area contributed by atoms with Gasteiger partial charge in [0.2, 0.25) is 0 Å². The first-order valence-electron chi connectivity index (χ1n) is 7.44. The summed E-state index contributed by atoms with van der Waals surface area (Å²) in [7, 11) is 0. The number of carbonyl (C=O) groups excluding carboxylic acids is 1. The minimum Gasteiger partial charge on any atom is -0.484 e. The maximum absolute atomic E-state index is 11.8. The van der Waals surface area contributed by atoms with Gasteiger partial charge >= 0.3 is 0 Å². The number of hydrogen-bond donors (Lipinski definition) is 1. The Bertz CT molecular complexity index is 753. The minimum absolute atomic E-state index is 0.0143. The normalized spacial score (nSPS) is 10.1. The SMILES string of the molecule is O=C(COc1ccc(-c2ccccc2)cc1)Nc1ccccc1. The number of rotatable bonds is 5. The molecule has 0 atom stereocenters. The maximum atomic E-state index is 11.8. The molecule has 3 nitrogen and oxygen atoms in total. The second kappa shape index (κ2) is 7.27. The number of hydrogen-bond acceptors (Lipinski definition) is 2. The average Bonchev–Trinajstić information content (AvgIpc) is 2.62. The van der Waals surface area contributed by atoms with Gasteiger partial charge in [-0.1, -0.05) is 60.7 Å². The van der Waals surface area contributed by atoms with E-state index in [0.29, 0.717) is 5.75 Å². The highest BCUT2D eigenvalue weighted by Crippen LogP contribution is 2.22. The summed E-state index contributed by atoms with van der Waals surface area (Å²) in [6.45, 7) is -0.0143. The van der Waals surface area contributed by atoms with Crippen LogP contribution in [0.5, 0.6) is 5.75 Å². The molecule has 0 bridgehead atoms. The van der Waals surface area contributed by atoms with Crippen molar-refractivity contribution < 1.29 is 9.53 Å². The van der Waals surface area contributed by atoms with E-state index in [4.69, 9.17) is 4.74 Å². The standard InChI is InChI=1S/C20H17NO2/c22-20(21-18-9-5-2-6-10-18)15-23-19-13-11-17(12-14-19)16-7-3-1-4-8-16/h1-14H,15H2,(H,21,22). The van der Waals surface area contributed by atoms with Gasteiger partial charge in [-0.3, -0.25) is 4.79 Å². The van der Waals surface area contributed by atoms with Crippen LogP contribution in [-0.2, 0) is 4.79 Å². The number of para-hydroxylation sites is 1. The van der Waals surface area contributed by atoms with Crippen molar-refractivity contribution >= 4 is 11.6 Å². The predicted octanol–water partition coefficient (Wildman–Crippen LogP) is 4.37. The van der Waals surface area contributed by atoms with E-state index in [-0.39, 0.29) is 12.5 Å². The Hall–Kier alpha value is -3.07. The Kier molecular flexibility index (Phi) is 4.69. The lowest BCUT2D eigenvalue weighted by Crippen LogP contribution is -2.20. The van der Waals surface area contributed by atoms with E-state index >= 15 is 0 Å². The molecule has 3 aromatic carbocycles. The van der Waals surface area contributed by atoms with Gasteiger partial charge in [0.05, 0.1) is 0 Å². The monoisotopic (exact) mass is 303 g/mol. The number of ether oxygens (including phenoxy) is 1. The van der Waals surface area contributed by atoms with Crippen LogP contribution in [0, 0.1) is 0 Å². The van der Waals surface area contributed by atoms with Crippen LogP contribution in [0.1, 0.15) is 0 Å². The van der Waals surface area contributed by atoms with Crippen molar-refractivity contribution in [3.8, 4) is 16.9 Å². The highest BCUT2D eigenvalue weighted by Gasteiger charge is 2.04. The van der Waals surface area contributed by atoms with Gasteiger partial charge in [-0.05, 0) is 35.4 Å². The van der Waals surface area contributed by atoms with Gasteiger partial charge in [-0.25, -0.2) is 0 Å². The van der Waals surface area contributed by atoms with Gasteiger partial charge in [0.25, 0.3) is 5.91 Å². The third-order valence-electron chi connectivity index (χ3n) is 3.39. The van der Waals surface area contributed by atoms with E-state index in [1.807, 2.05) is 72.8 Å². The molecule has 0 aromatic heterocycles. The Labute approximate surface area is 135 Å². The van der Waals surface area contributed by atoms with Crippen molar-refractivity contribution in [3.05, 3.63) is 84.9 Å². The molecule has 0 heterocycles. The van der Waals surface area contributed by atoms with Crippen molar-refractivity contribution in [2.24, 2.45) is 0 Å². The molecule has 0 aliphatic rings. The molecule has 0 saturated carbocycles. The first-order chi connectivity index (χ1) is 11.3. The summed E-state index contributed by atoms with van der Waals surface area (Å²) in [5.41, 5.74) is 3.04. The van der Waals surface area contributed by atoms with Crippen molar-refractivity contribution in [2.75, 3.05) is 11.9 Å². The van der Waals surface area contributed by atoms with Gasteiger partial charge in [-0.2, -0.15) is 0 Å². The quantitative estimate of drug-likeness (QED) is 0.760. The molecule has 0 spiro atoms. The summed E-state index contributed by atoms with van der Waals surface area (Å²) in [6.07, 6.45) is 0. The average molecular weight is 303 g/mol. The van der Waals surface area contributed by atoms with E-state index in [9.17, 15) is 4.79 Å². The molecule has 3 rings (SSSR count). The van der Waals surface area contributed by atoms with E-state index in [1.54, 1.807) is 0 Å². The third-order valence-corrected chi connectivity index (χ3v) is 3.39. The van der Waals surface area contributed by atoms with Gasteiger partial charge in [0.1, 0.15) is 5.75 Å². The lowest BCUT2D eigenvalue weighted by Gasteiger charge is -2.08. The molecule has 0 unspecified atom stereocenters. The molecule has 3 heteroatoms. The van der Waals surface area contributed by atoms with Crippen LogP contribution >= 0.6 is 0 Å². The summed E-state index contributed by atoms with van der Waals surface area (Å²) < 4.78 is 5.52. The summed E-state index contributed by atoms with van der Waals surface area (Å²) in [5.74, 6) is 0.497. The Morgan fingerprint density at radius 3 is 1.96 bits per heavy atom. The van der Waals surface area contributed by atoms with Crippen LogP contribution < -0.4 is 10.1 Å². The van der Waals surface area contributed by atoms with Crippen LogP contribution in [0.25, 0.3) is 11.1 Å². The highest BCUT2D eigenvalue weighted by atomic mass is 16.5. The molecule has 0 aliphatic carbocycles. The van der Waals surface area contributed by atoms with Gasteiger partial charge < -0.3 is 10.1 Å². The summed E-state index contributed by atoms with van der Waals surface area (Å²) in [5, 5.41) is 2.79. The fraction of sp³-hybridized carbons (Fsp3) is 0.0500. The summed E-state index contributed by atoms with van der Waals surface area (Å²) in [4.78, 5) is 11.8. The van der Waals surface area contributed by atoms with Crippen LogP contribution in [-0.4, -0.2) is 12.5 Å². The molecule has 1 N–H and O–H groups in total. The van der Waals surface area contributed by atoms with Crippen LogP contribution in [0.3, 0.4) is 0 Å². The molecular weight excluding hydrogens is 286 g/mol. The second-order valence-corrected chi connectivity index (χ2v) is 5.09. The van der Waals surface area contributed by atoms with Gasteiger partial charge in [0.15, 0.2) is 6.61 Å². The maximum Gasteiger partial charge on any atom is 0.262 e. The number of carbonyl (C=O) groups is 1. The van der Waals surface area contributed by atoms with Gasteiger partial charge in [0, 0.05) is 5.69 Å². The predicted molar refractivity (Wildman–Crippen MR) is 92.4 cm³/mol. The molecule has 23 heavy (non-hydrogen) atoms. The Balaban J connectivity index is 1.55. The number of anilines is 1. The van der Waals surface area contributed by atoms with E-state index in [2.05, 4.69) is 17.4 Å². The first-order valence-corrected chi connectivity index (χ1v) is 7.44. The van der Waals surface area contributed by atoms with Crippen molar-refractivity contribution in [3.63, 3.8) is 0 Å². The number of amides is 1. The zero-order valence-electron chi connectivity index (χ0n) is 12.6. The van der Waals surface area contributed by atoms with E-state index in [1.165, 1.54) is 0 Å². The molecule has 0 radical (unpaired) electrons. The largest absolute Gasteiger partial charge is 0.484 e. The molecule has 114 valence electrons. The number of nitrogens with one attached hydrogen (secondary N) is 1. The molecular formula is C20H17NO2. The summed E-state index contributed by atoms with van der Waals surface area (Å²) in [6, 6.07) is 27.2. The number of benzene rings is 3. The molecule has 0 saturated heterocycles. The van der Waals surface area contributed by atoms with Crippen LogP contribution in [0.2, 0.25) is 0 Å². The fourth-order valence-corrected chi connectivity index (χ4v) is 2.24. The van der Waals surface area contributed by atoms with Crippen molar-refractivity contribution in [2.45, 2.75) is 0 Å². The molecule has 3 aromatic rings. The van der Waals surface area contributed by atoms with Crippen LogP contribution in [0.15, 0.2) is 84.9 Å². The topological polar surface area (TPSA) is 38.3 Å². The molecule has 0 aliphatic heterocycles. The van der Waals surface area contributed by atoms with Crippen LogP contribution in [0.4, 0.5) is 5.69 Å². The zero-order valence-corrected chi connectivity index (χ0v) is 12.6. The third kappa shape index (κ3) is 4.20. The van der Waals surface area contributed by atoms with Gasteiger partial charge in [-0.15, -0.1) is 0 Å². The fourth-order valence-electron chi connectivity index (χ4n) is 2.24. The smallest absolute Gasteiger partial charge is 0.262 e. The Morgan fingerprint density at radius 1 is 0.739 bits per heavy atom. The highest BCUT2D eigenvalue weighted by molar-refractivity contribution is 5.91. The van der Waals surface area contributed by atoms with E-state index < -0.39 is 0 Å². The van der Waals surface area contributed by atoms with E-state index in [0.717, 1.165) is 16.8 Å². The lowest BCUT2D eigenvalue weighted by molar-refractivity contribution is -0.118. The minimum atomic E-state index is -0.177. The Morgan fingerprint density at radius 2 is 1.30 bits per heavy atom. The summed E-state index contributed by atoms with van der Waals surface area (Å²) >= 11 is 0. The second-order valence-electron chi connectivity index (χ2n) is 5.09. The van der Waals surface area contributed by atoms with Crippen molar-refractivity contribution in [1.29, 1.82) is 0 Å². The first kappa shape index (κ1) is 14.9.